The number of nitrogens with one attached hydrogen (secondary N) is 2. The molecule has 0 saturated carbocycles. The van der Waals surface area contributed by atoms with Gasteiger partial charge in [-0.3, -0.25) is 4.79 Å². The summed E-state index contributed by atoms with van der Waals surface area (Å²) < 4.78 is 6.38. The second-order valence-corrected chi connectivity index (χ2v) is 7.62. The van der Waals surface area contributed by atoms with Crippen LogP contribution in [0.5, 0.6) is 5.75 Å². The monoisotopic (exact) mass is 478 g/mol. The topological polar surface area (TPSA) is 50.4 Å². The number of rotatable bonds is 7. The van der Waals surface area contributed by atoms with Gasteiger partial charge in [0.05, 0.1) is 14.5 Å². The molecule has 144 valence electrons. The van der Waals surface area contributed by atoms with Crippen LogP contribution >= 0.6 is 39.1 Å². The summed E-state index contributed by atoms with van der Waals surface area (Å²) in [5.41, 5.74) is 2.65. The second kappa shape index (κ2) is 9.82. The summed E-state index contributed by atoms with van der Waals surface area (Å²) in [5.74, 6) is 0.380. The number of benzene rings is 3. The molecule has 7 heteroatoms. The first-order valence-corrected chi connectivity index (χ1v) is 10.0. The van der Waals surface area contributed by atoms with Crippen molar-refractivity contribution in [2.45, 2.75) is 6.54 Å². The van der Waals surface area contributed by atoms with Gasteiger partial charge in [0.15, 0.2) is 6.61 Å². The first kappa shape index (κ1) is 20.5. The van der Waals surface area contributed by atoms with Crippen molar-refractivity contribution in [2.24, 2.45) is 0 Å². The number of amides is 1. The Morgan fingerprint density at radius 1 is 0.929 bits per heavy atom. The Bertz CT molecular complexity index is 968. The minimum atomic E-state index is -0.219. The highest BCUT2D eigenvalue weighted by atomic mass is 79.9. The van der Waals surface area contributed by atoms with E-state index in [9.17, 15) is 4.79 Å². The molecule has 0 bridgehead atoms. The van der Waals surface area contributed by atoms with E-state index in [0.717, 1.165) is 21.4 Å². The molecule has 2 N–H and O–H groups in total. The van der Waals surface area contributed by atoms with Crippen molar-refractivity contribution in [3.05, 3.63) is 86.8 Å². The summed E-state index contributed by atoms with van der Waals surface area (Å²) in [4.78, 5) is 12.0. The number of carbonyl (C=O) groups is 1. The highest BCUT2D eigenvalue weighted by Crippen LogP contribution is 2.28. The predicted octanol–water partition coefficient (Wildman–Crippen LogP) is 6.39. The highest BCUT2D eigenvalue weighted by Gasteiger charge is 2.07. The Hall–Kier alpha value is -2.21. The maximum absolute atomic E-state index is 12.0. The lowest BCUT2D eigenvalue weighted by molar-refractivity contribution is -0.118. The minimum absolute atomic E-state index is 0.0750. The molecule has 0 fully saturated rings. The van der Waals surface area contributed by atoms with Crippen LogP contribution in [0.25, 0.3) is 0 Å². The van der Waals surface area contributed by atoms with Gasteiger partial charge < -0.3 is 15.4 Å². The number of carbonyl (C=O) groups excluding carboxylic acids is 1. The maximum atomic E-state index is 12.0. The number of hydrogen-bond acceptors (Lipinski definition) is 3. The normalized spacial score (nSPS) is 10.4. The van der Waals surface area contributed by atoms with Gasteiger partial charge in [-0.25, -0.2) is 0 Å². The van der Waals surface area contributed by atoms with Crippen molar-refractivity contribution in [3.63, 3.8) is 0 Å². The molecule has 3 aromatic rings. The van der Waals surface area contributed by atoms with Gasteiger partial charge in [-0.1, -0.05) is 47.5 Å². The summed E-state index contributed by atoms with van der Waals surface area (Å²) in [6.45, 7) is 0.527. The summed E-state index contributed by atoms with van der Waals surface area (Å²) in [6.07, 6.45) is 0. The third kappa shape index (κ3) is 5.89. The van der Waals surface area contributed by atoms with Crippen LogP contribution in [0.1, 0.15) is 5.56 Å². The van der Waals surface area contributed by atoms with E-state index in [0.29, 0.717) is 22.3 Å². The molecule has 0 saturated heterocycles. The SMILES string of the molecule is O=C(COc1ccc(CNc2ccc(Cl)c(Cl)c2)cc1Br)Nc1ccccc1. The van der Waals surface area contributed by atoms with Crippen molar-refractivity contribution in [1.29, 1.82) is 0 Å². The van der Waals surface area contributed by atoms with E-state index in [1.807, 2.05) is 54.6 Å². The molecule has 0 aliphatic rings. The molecule has 0 aliphatic heterocycles. The smallest absolute Gasteiger partial charge is 0.262 e. The van der Waals surface area contributed by atoms with Crippen molar-refractivity contribution >= 4 is 56.4 Å². The van der Waals surface area contributed by atoms with Crippen LogP contribution in [0.15, 0.2) is 71.2 Å². The molecule has 1 amide bonds. The average Bonchev–Trinajstić information content (AvgIpc) is 2.69. The van der Waals surface area contributed by atoms with Crippen LogP contribution in [-0.2, 0) is 11.3 Å². The summed E-state index contributed by atoms with van der Waals surface area (Å²) in [5, 5.41) is 7.09. The van der Waals surface area contributed by atoms with Crippen molar-refractivity contribution in [1.82, 2.24) is 0 Å². The minimum Gasteiger partial charge on any atom is -0.483 e. The molecule has 0 radical (unpaired) electrons. The lowest BCUT2D eigenvalue weighted by Crippen LogP contribution is -2.20. The van der Waals surface area contributed by atoms with Crippen molar-refractivity contribution in [2.75, 3.05) is 17.2 Å². The lowest BCUT2D eigenvalue weighted by atomic mass is 10.2. The van der Waals surface area contributed by atoms with Crippen LogP contribution < -0.4 is 15.4 Å². The Morgan fingerprint density at radius 2 is 1.71 bits per heavy atom. The predicted molar refractivity (Wildman–Crippen MR) is 118 cm³/mol. The van der Waals surface area contributed by atoms with Crippen molar-refractivity contribution in [3.8, 4) is 5.75 Å². The number of para-hydroxylation sites is 1. The highest BCUT2D eigenvalue weighted by molar-refractivity contribution is 9.10. The Balaban J connectivity index is 1.53. The summed E-state index contributed by atoms with van der Waals surface area (Å²) >= 11 is 15.4. The van der Waals surface area contributed by atoms with Crippen LogP contribution in [0.4, 0.5) is 11.4 Å². The molecular formula is C21H17BrCl2N2O2. The molecule has 4 nitrogen and oxygen atoms in total. The van der Waals surface area contributed by atoms with Crippen molar-refractivity contribution < 1.29 is 9.53 Å². The lowest BCUT2D eigenvalue weighted by Gasteiger charge is -2.11. The molecule has 3 aromatic carbocycles. The van der Waals surface area contributed by atoms with E-state index in [2.05, 4.69) is 26.6 Å². The number of ether oxygens (including phenoxy) is 1. The molecule has 0 aliphatic carbocycles. The zero-order valence-electron chi connectivity index (χ0n) is 14.7. The molecule has 0 unspecified atom stereocenters. The number of hydrogen-bond donors (Lipinski definition) is 2. The Labute approximate surface area is 181 Å². The first-order chi connectivity index (χ1) is 13.5. The van der Waals surface area contributed by atoms with E-state index < -0.39 is 0 Å². The van der Waals surface area contributed by atoms with E-state index in [1.165, 1.54) is 0 Å². The Morgan fingerprint density at radius 3 is 2.43 bits per heavy atom. The van der Waals surface area contributed by atoms with E-state index in [1.54, 1.807) is 12.1 Å². The molecule has 3 rings (SSSR count). The van der Waals surface area contributed by atoms with Gasteiger partial charge in [0.1, 0.15) is 5.75 Å². The molecule has 0 spiro atoms. The van der Waals surface area contributed by atoms with E-state index >= 15 is 0 Å². The molecule has 0 atom stereocenters. The van der Waals surface area contributed by atoms with Crippen LogP contribution in [-0.4, -0.2) is 12.5 Å². The van der Waals surface area contributed by atoms with E-state index in [4.69, 9.17) is 27.9 Å². The van der Waals surface area contributed by atoms with Gasteiger partial charge in [0.2, 0.25) is 0 Å². The standard InChI is InChI=1S/C21H17BrCl2N2O2/c22-17-10-14(12-25-16-7-8-18(23)19(24)11-16)6-9-20(17)28-13-21(27)26-15-4-2-1-3-5-15/h1-11,25H,12-13H2,(H,26,27). The van der Waals surface area contributed by atoms with Gasteiger partial charge in [-0.15, -0.1) is 0 Å². The van der Waals surface area contributed by atoms with Gasteiger partial charge in [0, 0.05) is 17.9 Å². The molecule has 0 aromatic heterocycles. The average molecular weight is 480 g/mol. The van der Waals surface area contributed by atoms with Crippen LogP contribution in [0.3, 0.4) is 0 Å². The van der Waals surface area contributed by atoms with E-state index in [-0.39, 0.29) is 12.5 Å². The second-order valence-electron chi connectivity index (χ2n) is 5.95. The third-order valence-electron chi connectivity index (χ3n) is 3.83. The largest absolute Gasteiger partial charge is 0.483 e. The zero-order chi connectivity index (χ0) is 19.9. The van der Waals surface area contributed by atoms with Gasteiger partial charge in [0.25, 0.3) is 5.91 Å². The van der Waals surface area contributed by atoms with Gasteiger partial charge >= 0.3 is 0 Å². The molecule has 28 heavy (non-hydrogen) atoms. The van der Waals surface area contributed by atoms with Crippen LogP contribution in [0, 0.1) is 0 Å². The Kier molecular flexibility index (Phi) is 7.20. The molecular weight excluding hydrogens is 463 g/mol. The summed E-state index contributed by atoms with van der Waals surface area (Å²) in [6, 6.07) is 20.3. The first-order valence-electron chi connectivity index (χ1n) is 8.46. The zero-order valence-corrected chi connectivity index (χ0v) is 17.8. The van der Waals surface area contributed by atoms with Crippen LogP contribution in [0.2, 0.25) is 10.0 Å². The molecule has 0 heterocycles. The van der Waals surface area contributed by atoms with Gasteiger partial charge in [-0.2, -0.15) is 0 Å². The van der Waals surface area contributed by atoms with Gasteiger partial charge in [-0.05, 0) is 64.0 Å². The quantitative estimate of drug-likeness (QED) is 0.413. The summed E-state index contributed by atoms with van der Waals surface area (Å²) in [7, 11) is 0. The number of halogens is 3. The number of anilines is 2. The third-order valence-corrected chi connectivity index (χ3v) is 5.19. The fraction of sp³-hybridized carbons (Fsp3) is 0.0952. The fourth-order valence-electron chi connectivity index (χ4n) is 2.44. The fourth-order valence-corrected chi connectivity index (χ4v) is 3.28. The maximum Gasteiger partial charge on any atom is 0.262 e.